The number of nitrogens with zero attached hydrogens (tertiary/aromatic N) is 5. The van der Waals surface area contributed by atoms with Gasteiger partial charge in [-0.1, -0.05) is 11.6 Å². The Kier molecular flexibility index (Phi) is 5.17. The lowest BCUT2D eigenvalue weighted by molar-refractivity contribution is 0.190. The number of piperidine rings is 1. The van der Waals surface area contributed by atoms with Gasteiger partial charge in [-0.05, 0) is 42.9 Å². The van der Waals surface area contributed by atoms with E-state index in [4.69, 9.17) is 17.3 Å². The van der Waals surface area contributed by atoms with Crippen molar-refractivity contribution < 1.29 is 0 Å². The number of aromatic nitrogens is 2. The Bertz CT molecular complexity index is 499. The zero-order chi connectivity index (χ0) is 14.7. The van der Waals surface area contributed by atoms with Gasteiger partial charge in [0.2, 0.25) is 0 Å². The molecule has 0 bridgehead atoms. The lowest BCUT2D eigenvalue weighted by atomic mass is 10.0. The first-order valence-corrected chi connectivity index (χ1v) is 7.57. The number of nitrogens with two attached hydrogens (primary N) is 1. The Morgan fingerprint density at radius 1 is 1.45 bits per heavy atom. The number of hydrogen-bond donors (Lipinski definition) is 1. The molecule has 6 nitrogen and oxygen atoms in total. The van der Waals surface area contributed by atoms with Crippen LogP contribution < -0.4 is 5.73 Å². The van der Waals surface area contributed by atoms with E-state index in [2.05, 4.69) is 54.8 Å². The minimum atomic E-state index is 0.331. The second kappa shape index (κ2) is 6.69. The molecule has 1 aliphatic heterocycles. The molecule has 1 aromatic rings. The average Bonchev–Trinajstić information content (AvgIpc) is 2.44. The predicted molar refractivity (Wildman–Crippen MR) is 84.3 cm³/mol. The van der Waals surface area contributed by atoms with Crippen LogP contribution in [0.15, 0.2) is 15.8 Å². The molecule has 0 atom stereocenters. The third-order valence-corrected chi connectivity index (χ3v) is 4.71. The third kappa shape index (κ3) is 3.59. The van der Waals surface area contributed by atoms with Crippen LogP contribution in [-0.4, -0.2) is 59.0 Å². The van der Waals surface area contributed by atoms with Crippen molar-refractivity contribution in [1.82, 2.24) is 19.8 Å². The molecule has 0 saturated carbocycles. The van der Waals surface area contributed by atoms with Crippen molar-refractivity contribution >= 4 is 39.3 Å². The summed E-state index contributed by atoms with van der Waals surface area (Å²) < 4.78 is 0.563. The largest absolute Gasteiger partial charge is 0.369 e. The summed E-state index contributed by atoms with van der Waals surface area (Å²) in [4.78, 5) is 16.6. The minimum absolute atomic E-state index is 0.331. The summed E-state index contributed by atoms with van der Waals surface area (Å²) in [5.74, 6) is 0.926. The lowest BCUT2D eigenvalue weighted by Crippen LogP contribution is -2.47. The smallest absolute Gasteiger partial charge is 0.198 e. The Hall–Kier alpha value is -0.920. The summed E-state index contributed by atoms with van der Waals surface area (Å²) in [6.07, 6.45) is 3.53. The molecule has 1 aliphatic rings. The molecule has 0 aromatic carbocycles. The molecule has 1 saturated heterocycles. The highest BCUT2D eigenvalue weighted by atomic mass is 79.9. The van der Waals surface area contributed by atoms with Gasteiger partial charge in [0.15, 0.2) is 11.8 Å². The zero-order valence-electron chi connectivity index (χ0n) is 11.6. The normalized spacial score (nSPS) is 17.9. The maximum absolute atomic E-state index is 6.06. The van der Waals surface area contributed by atoms with Crippen molar-refractivity contribution in [3.8, 4) is 0 Å². The van der Waals surface area contributed by atoms with E-state index < -0.39 is 0 Å². The van der Waals surface area contributed by atoms with Gasteiger partial charge in [-0.15, -0.1) is 0 Å². The lowest BCUT2D eigenvalue weighted by Gasteiger charge is -2.35. The van der Waals surface area contributed by atoms with E-state index >= 15 is 0 Å². The molecule has 2 N–H and O–H groups in total. The van der Waals surface area contributed by atoms with Crippen LogP contribution in [0.1, 0.15) is 12.8 Å². The van der Waals surface area contributed by atoms with Crippen LogP contribution in [0.5, 0.6) is 0 Å². The summed E-state index contributed by atoms with van der Waals surface area (Å²) in [5.41, 5.74) is 6.06. The SMILES string of the molecule is CN(C)C1CCN(/C(N)=N/c2ncnc(Cl)c2Br)CC1. The molecule has 0 spiro atoms. The summed E-state index contributed by atoms with van der Waals surface area (Å²) >= 11 is 9.23. The standard InChI is InChI=1S/C12H18BrClN6/c1-19(2)8-3-5-20(6-4-8)12(15)18-11-9(13)10(14)16-7-17-11/h7-8H,3-6H2,1-2H3,(H2,15,16,17,18). The topological polar surface area (TPSA) is 70.6 Å². The van der Waals surface area contributed by atoms with E-state index in [1.54, 1.807) is 0 Å². The highest BCUT2D eigenvalue weighted by Crippen LogP contribution is 2.28. The molecule has 0 aliphatic carbocycles. The number of halogens is 2. The fourth-order valence-corrected chi connectivity index (χ4v) is 2.63. The molecular formula is C12H18BrClN6. The summed E-state index contributed by atoms with van der Waals surface area (Å²) in [7, 11) is 4.22. The number of hydrogen-bond acceptors (Lipinski definition) is 4. The Labute approximate surface area is 132 Å². The van der Waals surface area contributed by atoms with Crippen LogP contribution >= 0.6 is 27.5 Å². The molecule has 0 unspecified atom stereocenters. The van der Waals surface area contributed by atoms with Gasteiger partial charge in [0.1, 0.15) is 11.5 Å². The van der Waals surface area contributed by atoms with Gasteiger partial charge in [-0.2, -0.15) is 4.99 Å². The van der Waals surface area contributed by atoms with E-state index in [0.717, 1.165) is 25.9 Å². The van der Waals surface area contributed by atoms with Gasteiger partial charge >= 0.3 is 0 Å². The van der Waals surface area contributed by atoms with Gasteiger partial charge < -0.3 is 15.5 Å². The fraction of sp³-hybridized carbons (Fsp3) is 0.583. The van der Waals surface area contributed by atoms with Crippen LogP contribution in [0, 0.1) is 0 Å². The molecule has 2 rings (SSSR count). The van der Waals surface area contributed by atoms with E-state index in [0.29, 0.717) is 27.4 Å². The molecule has 20 heavy (non-hydrogen) atoms. The van der Waals surface area contributed by atoms with E-state index in [-0.39, 0.29) is 0 Å². The Balaban J connectivity index is 2.06. The fourth-order valence-electron chi connectivity index (χ4n) is 2.21. The van der Waals surface area contributed by atoms with Crippen molar-refractivity contribution in [3.05, 3.63) is 16.0 Å². The number of guanidine groups is 1. The van der Waals surface area contributed by atoms with Gasteiger partial charge in [0, 0.05) is 19.1 Å². The second-order valence-electron chi connectivity index (χ2n) is 4.95. The van der Waals surface area contributed by atoms with Crippen LogP contribution in [0.4, 0.5) is 5.82 Å². The molecular weight excluding hydrogens is 344 g/mol. The van der Waals surface area contributed by atoms with Crippen molar-refractivity contribution in [2.75, 3.05) is 27.2 Å². The minimum Gasteiger partial charge on any atom is -0.369 e. The third-order valence-electron chi connectivity index (χ3n) is 3.47. The molecule has 1 aromatic heterocycles. The average molecular weight is 362 g/mol. The monoisotopic (exact) mass is 360 g/mol. The highest BCUT2D eigenvalue weighted by molar-refractivity contribution is 9.10. The number of rotatable bonds is 2. The van der Waals surface area contributed by atoms with Crippen molar-refractivity contribution in [2.24, 2.45) is 10.7 Å². The molecule has 0 amide bonds. The maximum atomic E-state index is 6.06. The summed E-state index contributed by atoms with van der Waals surface area (Å²) in [5, 5.41) is 0.331. The zero-order valence-corrected chi connectivity index (χ0v) is 13.9. The van der Waals surface area contributed by atoms with Gasteiger partial charge in [0.05, 0.1) is 4.47 Å². The van der Waals surface area contributed by atoms with Crippen LogP contribution in [-0.2, 0) is 0 Å². The van der Waals surface area contributed by atoms with Crippen LogP contribution in [0.25, 0.3) is 0 Å². The Morgan fingerprint density at radius 2 is 2.10 bits per heavy atom. The number of likely N-dealkylation sites (tertiary alicyclic amines) is 1. The highest BCUT2D eigenvalue weighted by Gasteiger charge is 2.22. The molecule has 110 valence electrons. The number of aliphatic imine (C=N–C) groups is 1. The van der Waals surface area contributed by atoms with E-state index in [1.807, 2.05) is 0 Å². The van der Waals surface area contributed by atoms with E-state index in [9.17, 15) is 0 Å². The molecule has 2 heterocycles. The molecule has 0 radical (unpaired) electrons. The van der Waals surface area contributed by atoms with Crippen molar-refractivity contribution in [3.63, 3.8) is 0 Å². The summed E-state index contributed by atoms with van der Waals surface area (Å²) in [6, 6.07) is 0.610. The van der Waals surface area contributed by atoms with Gasteiger partial charge in [-0.3, -0.25) is 0 Å². The first-order chi connectivity index (χ1) is 9.49. The Morgan fingerprint density at radius 3 is 2.70 bits per heavy atom. The quantitative estimate of drug-likeness (QED) is 0.495. The van der Waals surface area contributed by atoms with Crippen LogP contribution in [0.3, 0.4) is 0 Å². The molecule has 8 heteroatoms. The summed E-state index contributed by atoms with van der Waals surface area (Å²) in [6.45, 7) is 1.79. The first kappa shape index (κ1) is 15.5. The maximum Gasteiger partial charge on any atom is 0.198 e. The van der Waals surface area contributed by atoms with Crippen molar-refractivity contribution in [2.45, 2.75) is 18.9 Å². The van der Waals surface area contributed by atoms with Crippen LogP contribution in [0.2, 0.25) is 5.15 Å². The predicted octanol–water partition coefficient (Wildman–Crippen LogP) is 1.86. The van der Waals surface area contributed by atoms with Crippen molar-refractivity contribution in [1.29, 1.82) is 0 Å². The van der Waals surface area contributed by atoms with Gasteiger partial charge in [0.25, 0.3) is 0 Å². The second-order valence-corrected chi connectivity index (χ2v) is 6.10. The van der Waals surface area contributed by atoms with Gasteiger partial charge in [-0.25, -0.2) is 9.97 Å². The van der Waals surface area contributed by atoms with E-state index in [1.165, 1.54) is 6.33 Å². The molecule has 1 fully saturated rings. The first-order valence-electron chi connectivity index (χ1n) is 6.40.